The van der Waals surface area contributed by atoms with E-state index in [2.05, 4.69) is 16.5 Å². The zero-order valence-corrected chi connectivity index (χ0v) is 9.50. The molecule has 1 aromatic heterocycles. The first-order valence-electron chi connectivity index (χ1n) is 5.08. The number of hydrogen-bond donors (Lipinski definition) is 1. The average Bonchev–Trinajstić information content (AvgIpc) is 2.59. The fourth-order valence-electron chi connectivity index (χ4n) is 1.17. The van der Waals surface area contributed by atoms with Crippen molar-refractivity contribution in [3.63, 3.8) is 0 Å². The number of aromatic nitrogens is 1. The zero-order valence-electron chi connectivity index (χ0n) is 9.50. The summed E-state index contributed by atoms with van der Waals surface area (Å²) in [7, 11) is 0. The molecule has 1 aromatic rings. The Labute approximate surface area is 90.3 Å². The number of hydrogen-bond acceptors (Lipinski definition) is 4. The summed E-state index contributed by atoms with van der Waals surface area (Å²) in [6, 6.07) is 4.17. The average molecular weight is 207 g/mol. The molecule has 1 heterocycles. The summed E-state index contributed by atoms with van der Waals surface area (Å²) in [5, 5.41) is 15.8. The maximum Gasteiger partial charge on any atom is 0.150 e. The molecule has 0 saturated carbocycles. The van der Waals surface area contributed by atoms with Crippen molar-refractivity contribution in [1.29, 1.82) is 5.26 Å². The first-order chi connectivity index (χ1) is 7.03. The fourth-order valence-corrected chi connectivity index (χ4v) is 1.17. The van der Waals surface area contributed by atoms with Crippen LogP contribution in [0.5, 0.6) is 0 Å². The van der Waals surface area contributed by atoms with E-state index in [1.54, 1.807) is 0 Å². The van der Waals surface area contributed by atoms with Gasteiger partial charge in [0, 0.05) is 6.07 Å². The Morgan fingerprint density at radius 2 is 2.33 bits per heavy atom. The highest BCUT2D eigenvalue weighted by atomic mass is 16.5. The van der Waals surface area contributed by atoms with Crippen LogP contribution in [0.4, 0.5) is 0 Å². The molecule has 0 unspecified atom stereocenters. The minimum Gasteiger partial charge on any atom is -0.360 e. The van der Waals surface area contributed by atoms with Gasteiger partial charge in [-0.2, -0.15) is 5.26 Å². The molecule has 4 nitrogen and oxygen atoms in total. The molecule has 1 rings (SSSR count). The lowest BCUT2D eigenvalue weighted by Crippen LogP contribution is -2.20. The van der Waals surface area contributed by atoms with Crippen LogP contribution in [0.3, 0.4) is 0 Å². The Hall–Kier alpha value is -1.34. The van der Waals surface area contributed by atoms with Crippen molar-refractivity contribution in [2.24, 2.45) is 5.41 Å². The molecule has 0 amide bonds. The predicted octanol–water partition coefficient (Wildman–Crippen LogP) is 2.01. The van der Waals surface area contributed by atoms with Crippen molar-refractivity contribution in [3.8, 4) is 6.07 Å². The Balaban J connectivity index is 2.21. The molecule has 0 fully saturated rings. The van der Waals surface area contributed by atoms with Crippen LogP contribution in [0.15, 0.2) is 10.6 Å². The molecule has 82 valence electrons. The van der Waals surface area contributed by atoms with Crippen molar-refractivity contribution in [2.75, 3.05) is 6.54 Å². The Bertz CT molecular complexity index is 349. The predicted molar refractivity (Wildman–Crippen MR) is 57.0 cm³/mol. The van der Waals surface area contributed by atoms with E-state index in [4.69, 9.17) is 9.78 Å². The number of nitrogens with one attached hydrogen (secondary N) is 1. The summed E-state index contributed by atoms with van der Waals surface area (Å²) in [5.41, 5.74) is 0.633. The Morgan fingerprint density at radius 3 is 2.87 bits per heavy atom. The zero-order chi connectivity index (χ0) is 11.3. The lowest BCUT2D eigenvalue weighted by Gasteiger charge is -2.14. The van der Waals surface area contributed by atoms with E-state index in [9.17, 15) is 0 Å². The van der Waals surface area contributed by atoms with Gasteiger partial charge in [0.25, 0.3) is 0 Å². The van der Waals surface area contributed by atoms with E-state index in [0.717, 1.165) is 24.4 Å². The van der Waals surface area contributed by atoms with E-state index >= 15 is 0 Å². The molecule has 0 bridgehead atoms. The maximum atomic E-state index is 8.81. The first kappa shape index (κ1) is 11.7. The molecular formula is C11H17N3O. The molecule has 0 saturated heterocycles. The van der Waals surface area contributed by atoms with Crippen molar-refractivity contribution in [1.82, 2.24) is 10.5 Å². The van der Waals surface area contributed by atoms with E-state index in [1.807, 2.05) is 26.8 Å². The van der Waals surface area contributed by atoms with Crippen LogP contribution in [-0.2, 0) is 6.54 Å². The summed E-state index contributed by atoms with van der Waals surface area (Å²) < 4.78 is 5.05. The summed E-state index contributed by atoms with van der Waals surface area (Å²) >= 11 is 0. The van der Waals surface area contributed by atoms with Gasteiger partial charge in [-0.05, 0) is 33.7 Å². The molecule has 1 N–H and O–H groups in total. The van der Waals surface area contributed by atoms with Crippen LogP contribution < -0.4 is 5.32 Å². The SMILES string of the molecule is Cc1cc(CNCCC(C)(C)C#N)on1. The van der Waals surface area contributed by atoms with Gasteiger partial charge in [0.15, 0.2) is 5.76 Å². The second kappa shape index (κ2) is 4.94. The smallest absolute Gasteiger partial charge is 0.150 e. The van der Waals surface area contributed by atoms with Gasteiger partial charge in [-0.25, -0.2) is 0 Å². The minimum absolute atomic E-state index is 0.260. The second-order valence-corrected chi connectivity index (χ2v) is 4.36. The summed E-state index contributed by atoms with van der Waals surface area (Å²) in [4.78, 5) is 0. The minimum atomic E-state index is -0.260. The van der Waals surface area contributed by atoms with Gasteiger partial charge in [-0.15, -0.1) is 0 Å². The highest BCUT2D eigenvalue weighted by Crippen LogP contribution is 2.17. The lowest BCUT2D eigenvalue weighted by molar-refractivity contribution is 0.362. The van der Waals surface area contributed by atoms with Crippen molar-refractivity contribution < 1.29 is 4.52 Å². The van der Waals surface area contributed by atoms with Crippen molar-refractivity contribution in [2.45, 2.75) is 33.7 Å². The van der Waals surface area contributed by atoms with Gasteiger partial charge < -0.3 is 9.84 Å². The fraction of sp³-hybridized carbons (Fsp3) is 0.636. The molecule has 0 aromatic carbocycles. The monoisotopic (exact) mass is 207 g/mol. The van der Waals surface area contributed by atoms with Crippen LogP contribution in [0.25, 0.3) is 0 Å². The second-order valence-electron chi connectivity index (χ2n) is 4.36. The molecule has 0 aliphatic rings. The summed E-state index contributed by atoms with van der Waals surface area (Å²) in [5.74, 6) is 0.835. The Kier molecular flexibility index (Phi) is 3.87. The molecule has 0 atom stereocenters. The molecule has 0 radical (unpaired) electrons. The van der Waals surface area contributed by atoms with Crippen LogP contribution in [0.1, 0.15) is 31.7 Å². The standard InChI is InChI=1S/C11H17N3O/c1-9-6-10(15-14-9)7-13-5-4-11(2,3)8-12/h6,13H,4-5,7H2,1-3H3. The van der Waals surface area contributed by atoms with Gasteiger partial charge in [0.05, 0.1) is 23.7 Å². The molecular weight excluding hydrogens is 190 g/mol. The van der Waals surface area contributed by atoms with Gasteiger partial charge in [0.2, 0.25) is 0 Å². The van der Waals surface area contributed by atoms with E-state index in [0.29, 0.717) is 6.54 Å². The third kappa shape index (κ3) is 4.13. The molecule has 0 aliphatic heterocycles. The normalized spacial score (nSPS) is 11.3. The third-order valence-electron chi connectivity index (χ3n) is 2.21. The van der Waals surface area contributed by atoms with Crippen molar-refractivity contribution in [3.05, 3.63) is 17.5 Å². The largest absolute Gasteiger partial charge is 0.360 e. The molecule has 0 aliphatic carbocycles. The molecule has 0 spiro atoms. The lowest BCUT2D eigenvalue weighted by atomic mass is 9.91. The van der Waals surface area contributed by atoms with Crippen LogP contribution in [0, 0.1) is 23.7 Å². The molecule has 15 heavy (non-hydrogen) atoms. The Morgan fingerprint density at radius 1 is 1.60 bits per heavy atom. The quantitative estimate of drug-likeness (QED) is 0.750. The van der Waals surface area contributed by atoms with Crippen LogP contribution >= 0.6 is 0 Å². The number of aryl methyl sites for hydroxylation is 1. The number of rotatable bonds is 5. The maximum absolute atomic E-state index is 8.81. The van der Waals surface area contributed by atoms with E-state index in [1.165, 1.54) is 0 Å². The van der Waals surface area contributed by atoms with Crippen LogP contribution in [0.2, 0.25) is 0 Å². The van der Waals surface area contributed by atoms with E-state index in [-0.39, 0.29) is 5.41 Å². The summed E-state index contributed by atoms with van der Waals surface area (Å²) in [6.07, 6.45) is 0.830. The van der Waals surface area contributed by atoms with Crippen LogP contribution in [-0.4, -0.2) is 11.7 Å². The molecule has 4 heteroatoms. The third-order valence-corrected chi connectivity index (χ3v) is 2.21. The van der Waals surface area contributed by atoms with Gasteiger partial charge in [0.1, 0.15) is 0 Å². The summed E-state index contributed by atoms with van der Waals surface area (Å²) in [6.45, 7) is 7.25. The van der Waals surface area contributed by atoms with Crippen molar-refractivity contribution >= 4 is 0 Å². The van der Waals surface area contributed by atoms with E-state index < -0.39 is 0 Å². The topological polar surface area (TPSA) is 61.9 Å². The number of nitriles is 1. The highest BCUT2D eigenvalue weighted by molar-refractivity contribution is 5.02. The van der Waals surface area contributed by atoms with Gasteiger partial charge >= 0.3 is 0 Å². The first-order valence-corrected chi connectivity index (χ1v) is 5.08. The highest BCUT2D eigenvalue weighted by Gasteiger charge is 2.15. The number of nitrogens with zero attached hydrogens (tertiary/aromatic N) is 2. The van der Waals surface area contributed by atoms with Gasteiger partial charge in [-0.1, -0.05) is 5.16 Å². The van der Waals surface area contributed by atoms with Gasteiger partial charge in [-0.3, -0.25) is 0 Å².